The Bertz CT molecular complexity index is 680. The minimum atomic E-state index is -0.479. The molecule has 3 amide bonds. The number of imide groups is 1. The summed E-state index contributed by atoms with van der Waals surface area (Å²) in [6, 6.07) is 3.56. The molecule has 25 heavy (non-hydrogen) atoms. The largest absolute Gasteiger partial charge is 0.467 e. The summed E-state index contributed by atoms with van der Waals surface area (Å²) >= 11 is 0. The van der Waals surface area contributed by atoms with Crippen LogP contribution in [0.5, 0.6) is 0 Å². The van der Waals surface area contributed by atoms with Gasteiger partial charge in [-0.3, -0.25) is 19.3 Å². The van der Waals surface area contributed by atoms with Crippen LogP contribution in [0.4, 0.5) is 0 Å². The molecule has 0 aromatic carbocycles. The highest BCUT2D eigenvalue weighted by Gasteiger charge is 2.64. The number of hydrogen-bond acceptors (Lipinski definition) is 4. The fourth-order valence-corrected chi connectivity index (χ4v) is 4.20. The maximum atomic E-state index is 12.9. The van der Waals surface area contributed by atoms with Crippen LogP contribution in [0, 0.1) is 16.7 Å². The molecule has 1 saturated carbocycles. The highest BCUT2D eigenvalue weighted by molar-refractivity contribution is 6.03. The van der Waals surface area contributed by atoms with Crippen LogP contribution in [0.1, 0.15) is 52.2 Å². The standard InChI is InChI=1S/C19H26N2O4/c1-18(2)14-8-9-19(18,3)17(24)21(16(14)23)10-4-7-15(22)20-12-13-6-5-11-25-13/h5-6,11,14H,4,7-10,12H2,1-3H3,(H,20,22). The van der Waals surface area contributed by atoms with E-state index < -0.39 is 5.41 Å². The van der Waals surface area contributed by atoms with Crippen molar-refractivity contribution in [3.63, 3.8) is 0 Å². The Hall–Kier alpha value is -2.11. The number of fused-ring (bicyclic) bond motifs is 2. The SMILES string of the molecule is CC12CCC(C(=O)N(CCCC(=O)NCc3ccco3)C1=O)C2(C)C. The minimum Gasteiger partial charge on any atom is -0.467 e. The number of hydrogen-bond donors (Lipinski definition) is 1. The lowest BCUT2D eigenvalue weighted by Gasteiger charge is -2.47. The third-order valence-electron chi connectivity index (χ3n) is 6.33. The van der Waals surface area contributed by atoms with Crippen LogP contribution >= 0.6 is 0 Å². The third-order valence-corrected chi connectivity index (χ3v) is 6.33. The molecule has 1 aromatic rings. The predicted molar refractivity (Wildman–Crippen MR) is 91.1 cm³/mol. The zero-order valence-corrected chi connectivity index (χ0v) is 15.1. The monoisotopic (exact) mass is 346 g/mol. The number of carbonyl (C=O) groups is 3. The van der Waals surface area contributed by atoms with Crippen LogP contribution in [0.3, 0.4) is 0 Å². The number of furan rings is 1. The van der Waals surface area contributed by atoms with E-state index in [9.17, 15) is 14.4 Å². The van der Waals surface area contributed by atoms with E-state index in [1.54, 1.807) is 18.4 Å². The van der Waals surface area contributed by atoms with Gasteiger partial charge in [0.1, 0.15) is 5.76 Å². The molecule has 2 bridgehead atoms. The molecule has 0 radical (unpaired) electrons. The summed E-state index contributed by atoms with van der Waals surface area (Å²) < 4.78 is 5.16. The molecule has 1 aromatic heterocycles. The van der Waals surface area contributed by atoms with Crippen molar-refractivity contribution in [2.45, 2.75) is 53.0 Å². The zero-order valence-electron chi connectivity index (χ0n) is 15.1. The molecule has 2 heterocycles. The first-order chi connectivity index (χ1) is 11.8. The van der Waals surface area contributed by atoms with Gasteiger partial charge in [-0.1, -0.05) is 20.8 Å². The number of piperidine rings is 1. The van der Waals surface area contributed by atoms with E-state index in [0.29, 0.717) is 25.3 Å². The summed E-state index contributed by atoms with van der Waals surface area (Å²) in [6.07, 6.45) is 3.85. The van der Waals surface area contributed by atoms with E-state index in [1.165, 1.54) is 4.90 Å². The maximum Gasteiger partial charge on any atom is 0.235 e. The molecule has 6 nitrogen and oxygen atoms in total. The maximum absolute atomic E-state index is 12.9. The molecule has 1 N–H and O–H groups in total. The molecule has 0 spiro atoms. The lowest BCUT2D eigenvalue weighted by molar-refractivity contribution is -0.168. The van der Waals surface area contributed by atoms with Crippen molar-refractivity contribution in [3.05, 3.63) is 24.2 Å². The first-order valence-electron chi connectivity index (χ1n) is 8.92. The molecular weight excluding hydrogens is 320 g/mol. The van der Waals surface area contributed by atoms with Gasteiger partial charge in [0.05, 0.1) is 18.2 Å². The molecule has 2 fully saturated rings. The average Bonchev–Trinajstić information content (AvgIpc) is 3.13. The molecule has 2 aliphatic rings. The van der Waals surface area contributed by atoms with E-state index >= 15 is 0 Å². The van der Waals surface area contributed by atoms with E-state index in [0.717, 1.165) is 12.8 Å². The Balaban J connectivity index is 1.52. The summed E-state index contributed by atoms with van der Waals surface area (Å²) in [5.41, 5.74) is -0.773. The van der Waals surface area contributed by atoms with Crippen molar-refractivity contribution in [1.82, 2.24) is 10.2 Å². The van der Waals surface area contributed by atoms with Crippen molar-refractivity contribution in [3.8, 4) is 0 Å². The van der Waals surface area contributed by atoms with Crippen molar-refractivity contribution < 1.29 is 18.8 Å². The van der Waals surface area contributed by atoms with Crippen LogP contribution < -0.4 is 5.32 Å². The quantitative estimate of drug-likeness (QED) is 0.803. The van der Waals surface area contributed by atoms with Gasteiger partial charge in [-0.05, 0) is 36.8 Å². The summed E-state index contributed by atoms with van der Waals surface area (Å²) in [5.74, 6) is 0.348. The molecule has 1 saturated heterocycles. The number of rotatable bonds is 6. The molecule has 136 valence electrons. The molecule has 2 atom stereocenters. The van der Waals surface area contributed by atoms with E-state index in [4.69, 9.17) is 4.42 Å². The normalized spacial score (nSPS) is 27.6. The van der Waals surface area contributed by atoms with Gasteiger partial charge >= 0.3 is 0 Å². The lowest BCUT2D eigenvalue weighted by Crippen LogP contribution is -2.59. The Morgan fingerprint density at radius 2 is 2.12 bits per heavy atom. The van der Waals surface area contributed by atoms with E-state index in [2.05, 4.69) is 5.32 Å². The summed E-state index contributed by atoms with van der Waals surface area (Å²) in [5, 5.41) is 2.77. The van der Waals surface area contributed by atoms with Crippen LogP contribution in [0.15, 0.2) is 22.8 Å². The molecular formula is C19H26N2O4. The van der Waals surface area contributed by atoms with Gasteiger partial charge in [-0.2, -0.15) is 0 Å². The van der Waals surface area contributed by atoms with Crippen molar-refractivity contribution in [2.24, 2.45) is 16.7 Å². The van der Waals surface area contributed by atoms with Crippen LogP contribution in [0.2, 0.25) is 0 Å². The second-order valence-corrected chi connectivity index (χ2v) is 7.90. The molecule has 1 aliphatic carbocycles. The number of nitrogens with one attached hydrogen (secondary N) is 1. The Labute approximate surface area is 147 Å². The van der Waals surface area contributed by atoms with Crippen molar-refractivity contribution in [2.75, 3.05) is 6.54 Å². The summed E-state index contributed by atoms with van der Waals surface area (Å²) in [6.45, 7) is 6.69. The van der Waals surface area contributed by atoms with Gasteiger partial charge in [0.15, 0.2) is 0 Å². The smallest absolute Gasteiger partial charge is 0.235 e. The van der Waals surface area contributed by atoms with Gasteiger partial charge < -0.3 is 9.73 Å². The fourth-order valence-electron chi connectivity index (χ4n) is 4.20. The van der Waals surface area contributed by atoms with Gasteiger partial charge in [0.2, 0.25) is 17.7 Å². The number of nitrogens with zero attached hydrogens (tertiary/aromatic N) is 1. The third kappa shape index (κ3) is 2.87. The van der Waals surface area contributed by atoms with Gasteiger partial charge in [0.25, 0.3) is 0 Å². The van der Waals surface area contributed by atoms with Gasteiger partial charge in [0, 0.05) is 18.9 Å². The van der Waals surface area contributed by atoms with Gasteiger partial charge in [-0.25, -0.2) is 0 Å². The van der Waals surface area contributed by atoms with E-state index in [-0.39, 0.29) is 35.5 Å². The molecule has 3 rings (SSSR count). The number of carbonyl (C=O) groups excluding carboxylic acids is 3. The zero-order chi connectivity index (χ0) is 18.2. The fraction of sp³-hybridized carbons (Fsp3) is 0.632. The molecule has 6 heteroatoms. The Morgan fingerprint density at radius 1 is 1.36 bits per heavy atom. The highest BCUT2D eigenvalue weighted by atomic mass is 16.3. The van der Waals surface area contributed by atoms with Crippen LogP contribution in [-0.4, -0.2) is 29.2 Å². The second-order valence-electron chi connectivity index (χ2n) is 7.90. The predicted octanol–water partition coefficient (Wildman–Crippen LogP) is 2.49. The molecule has 2 unspecified atom stereocenters. The second kappa shape index (κ2) is 6.32. The van der Waals surface area contributed by atoms with Gasteiger partial charge in [-0.15, -0.1) is 0 Å². The summed E-state index contributed by atoms with van der Waals surface area (Å²) in [4.78, 5) is 38.9. The number of amides is 3. The minimum absolute atomic E-state index is 0.0685. The van der Waals surface area contributed by atoms with E-state index in [1.807, 2.05) is 20.8 Å². The topological polar surface area (TPSA) is 79.6 Å². The van der Waals surface area contributed by atoms with Crippen LogP contribution in [0.25, 0.3) is 0 Å². The summed E-state index contributed by atoms with van der Waals surface area (Å²) in [7, 11) is 0. The Morgan fingerprint density at radius 3 is 2.80 bits per heavy atom. The Kier molecular flexibility index (Phi) is 4.47. The molecule has 1 aliphatic heterocycles. The first kappa shape index (κ1) is 17.7. The van der Waals surface area contributed by atoms with Crippen molar-refractivity contribution in [1.29, 1.82) is 0 Å². The first-order valence-corrected chi connectivity index (χ1v) is 8.92. The highest BCUT2D eigenvalue weighted by Crippen LogP contribution is 2.59. The number of likely N-dealkylation sites (tertiary alicyclic amines) is 1. The lowest BCUT2D eigenvalue weighted by atomic mass is 9.62. The average molecular weight is 346 g/mol. The van der Waals surface area contributed by atoms with Crippen LogP contribution in [-0.2, 0) is 20.9 Å². The van der Waals surface area contributed by atoms with Crippen molar-refractivity contribution >= 4 is 17.7 Å².